The van der Waals surface area contributed by atoms with Gasteiger partial charge in [-0.15, -0.1) is 0 Å². The first-order valence-corrected chi connectivity index (χ1v) is 34.4. The van der Waals surface area contributed by atoms with Gasteiger partial charge in [-0.25, -0.2) is 0 Å². The van der Waals surface area contributed by atoms with Crippen LogP contribution in [-0.2, 0) is 54.1 Å². The Kier molecular flexibility index (Phi) is 36.5. The first-order chi connectivity index (χ1) is 40.0. The molecule has 496 valence electrons. The molecule has 88 heavy (non-hydrogen) atoms. The zero-order valence-electron chi connectivity index (χ0n) is 65.9. The summed E-state index contributed by atoms with van der Waals surface area (Å²) in [5.41, 5.74) is 16.6. The molecule has 0 amide bonds. The van der Waals surface area contributed by atoms with E-state index in [4.69, 9.17) is 0 Å². The summed E-state index contributed by atoms with van der Waals surface area (Å²) in [7, 11) is 0. The van der Waals surface area contributed by atoms with Crippen LogP contribution in [0.15, 0.2) is 146 Å². The van der Waals surface area contributed by atoms with E-state index in [0.29, 0.717) is 0 Å². The summed E-state index contributed by atoms with van der Waals surface area (Å²) in [6, 6.07) is 53.9. The van der Waals surface area contributed by atoms with Crippen LogP contribution < -0.4 is 0 Å². The van der Waals surface area contributed by atoms with Crippen molar-refractivity contribution in [3.8, 4) is 0 Å². The van der Waals surface area contributed by atoms with Crippen molar-refractivity contribution < 1.29 is 0 Å². The molecule has 0 nitrogen and oxygen atoms in total. The van der Waals surface area contributed by atoms with E-state index in [1.54, 1.807) is 0 Å². The standard InChI is InChI=1S/2C18H24.3C14H22.5C2H6/c1-17(2,3)15-9-7-13-8-10-16(18(4,5)6)12-14(13)11-15;1-17(2,3)14-11-10-13-8-7-9-16(15(13)12-14)18(4,5)6;1-13(2,3)11-7-9-12(10-8-11)14(4,5)6;1-13(2,3)11-8-7-9-12(10-11)14(4,5)6;1-13(2,3)11-9-7-8-10-12(11)14(4,5)6;5*1-2/h2*7-12H,1-6H3;3*7-10H,1-6H3;5*1-2H3. The first kappa shape index (κ1) is 87.3. The molecule has 0 spiro atoms. The lowest BCUT2D eigenvalue weighted by atomic mass is 9.75. The summed E-state index contributed by atoms with van der Waals surface area (Å²) in [5.74, 6) is 0. The molecule has 0 radical (unpaired) electrons. The van der Waals surface area contributed by atoms with Crippen LogP contribution in [0, 0.1) is 0 Å². The lowest BCUT2D eigenvalue weighted by Crippen LogP contribution is -2.21. The maximum Gasteiger partial charge on any atom is -0.0126 e. The molecule has 0 heterocycles. The van der Waals surface area contributed by atoms with Crippen LogP contribution in [0.4, 0.5) is 0 Å². The molecule has 7 rings (SSSR count). The van der Waals surface area contributed by atoms with E-state index in [-0.39, 0.29) is 54.1 Å². The Morgan fingerprint density at radius 2 is 0.386 bits per heavy atom. The van der Waals surface area contributed by atoms with Gasteiger partial charge in [-0.3, -0.25) is 0 Å². The third-order valence-corrected chi connectivity index (χ3v) is 14.9. The van der Waals surface area contributed by atoms with Gasteiger partial charge in [0.1, 0.15) is 0 Å². The molecular weight excluding hydrogens is 1060 g/mol. The molecular formula is C88H144. The minimum atomic E-state index is 0.190. The van der Waals surface area contributed by atoms with Gasteiger partial charge in [-0.05, 0) is 131 Å². The molecule has 0 aliphatic rings. The topological polar surface area (TPSA) is 0 Å². The highest BCUT2D eigenvalue weighted by Gasteiger charge is 2.25. The monoisotopic (exact) mass is 1200 g/mol. The van der Waals surface area contributed by atoms with Crippen molar-refractivity contribution in [3.05, 3.63) is 201 Å². The summed E-state index contributed by atoms with van der Waals surface area (Å²) in [4.78, 5) is 0. The summed E-state index contributed by atoms with van der Waals surface area (Å²) in [6.07, 6.45) is 0. The Bertz CT molecular complexity index is 2840. The minimum Gasteiger partial charge on any atom is -0.0683 e. The molecule has 0 unspecified atom stereocenters. The molecule has 0 bridgehead atoms. The van der Waals surface area contributed by atoms with Gasteiger partial charge in [0.05, 0.1) is 0 Å². The largest absolute Gasteiger partial charge is 0.0683 e. The molecule has 0 aromatic heterocycles. The van der Waals surface area contributed by atoms with Crippen molar-refractivity contribution >= 4 is 21.5 Å². The van der Waals surface area contributed by atoms with Gasteiger partial charge in [0.25, 0.3) is 0 Å². The number of benzene rings is 7. The van der Waals surface area contributed by atoms with E-state index in [0.717, 1.165) is 0 Å². The van der Waals surface area contributed by atoms with Crippen LogP contribution in [0.5, 0.6) is 0 Å². The SMILES string of the molecule is CC.CC.CC.CC.CC.CC(C)(C)c1ccc(C(C)(C)C)cc1.CC(C)(C)c1ccc2ccc(C(C)(C)C)cc2c1.CC(C)(C)c1ccc2cccc(C(C)(C)C)c2c1.CC(C)(C)c1cccc(C(C)(C)C)c1.CC(C)(C)c1ccccc1C(C)(C)C. The van der Waals surface area contributed by atoms with E-state index in [1.807, 2.05) is 69.2 Å². The quantitative estimate of drug-likeness (QED) is 0.142. The van der Waals surface area contributed by atoms with Gasteiger partial charge in [0, 0.05) is 0 Å². The molecule has 0 N–H and O–H groups in total. The van der Waals surface area contributed by atoms with E-state index in [9.17, 15) is 0 Å². The van der Waals surface area contributed by atoms with Gasteiger partial charge in [-0.1, -0.05) is 423 Å². The van der Waals surface area contributed by atoms with E-state index in [2.05, 4.69) is 353 Å². The summed E-state index contributed by atoms with van der Waals surface area (Å²) in [6.45, 7) is 88.0. The second-order valence-electron chi connectivity index (χ2n) is 32.7. The third-order valence-electron chi connectivity index (χ3n) is 14.9. The molecule has 7 aromatic rings. The van der Waals surface area contributed by atoms with Crippen molar-refractivity contribution in [3.63, 3.8) is 0 Å². The van der Waals surface area contributed by atoms with Crippen molar-refractivity contribution in [2.75, 3.05) is 0 Å². The summed E-state index contributed by atoms with van der Waals surface area (Å²) in [5, 5.41) is 5.43. The van der Waals surface area contributed by atoms with Crippen LogP contribution in [0.3, 0.4) is 0 Å². The molecule has 0 aliphatic carbocycles. The average Bonchev–Trinajstić information content (AvgIpc) is 1.72. The Balaban J connectivity index is -0.000000993. The lowest BCUT2D eigenvalue weighted by Gasteiger charge is -2.29. The van der Waals surface area contributed by atoms with Crippen molar-refractivity contribution in [1.82, 2.24) is 0 Å². The highest BCUT2D eigenvalue weighted by molar-refractivity contribution is 5.87. The van der Waals surface area contributed by atoms with E-state index in [1.165, 1.54) is 77.2 Å². The first-order valence-electron chi connectivity index (χ1n) is 34.4. The zero-order valence-corrected chi connectivity index (χ0v) is 65.9. The Morgan fingerprint density at radius 1 is 0.159 bits per heavy atom. The lowest BCUT2D eigenvalue weighted by molar-refractivity contribution is 0.530. The second kappa shape index (κ2) is 36.8. The molecule has 0 atom stereocenters. The number of fused-ring (bicyclic) bond motifs is 2. The second-order valence-corrected chi connectivity index (χ2v) is 32.7. The maximum absolute atomic E-state index is 2.37. The van der Waals surface area contributed by atoms with Crippen LogP contribution in [0.2, 0.25) is 0 Å². The minimum absolute atomic E-state index is 0.190. The number of hydrogen-bond acceptors (Lipinski definition) is 0. The van der Waals surface area contributed by atoms with Crippen molar-refractivity contribution in [2.45, 2.75) is 331 Å². The highest BCUT2D eigenvalue weighted by Crippen LogP contribution is 2.36. The molecule has 0 heteroatoms. The predicted octanol–water partition coefficient (Wildman–Crippen LogP) is 28.8. The number of hydrogen-bond donors (Lipinski definition) is 0. The smallest absolute Gasteiger partial charge is 0.0126 e. The molecule has 0 saturated heterocycles. The fourth-order valence-electron chi connectivity index (χ4n) is 9.29. The summed E-state index contributed by atoms with van der Waals surface area (Å²) >= 11 is 0. The molecule has 7 aromatic carbocycles. The van der Waals surface area contributed by atoms with Gasteiger partial charge in [0.15, 0.2) is 0 Å². The molecule has 0 fully saturated rings. The fraction of sp³-hybridized carbons (Fsp3) is 0.568. The van der Waals surface area contributed by atoms with Crippen LogP contribution >= 0.6 is 0 Å². The molecule has 0 saturated carbocycles. The predicted molar refractivity (Wildman–Crippen MR) is 411 cm³/mol. The highest BCUT2D eigenvalue weighted by atomic mass is 14.3. The summed E-state index contributed by atoms with van der Waals surface area (Å²) < 4.78 is 0. The van der Waals surface area contributed by atoms with Gasteiger partial charge < -0.3 is 0 Å². The Hall–Kier alpha value is -4.94. The Morgan fingerprint density at radius 3 is 0.659 bits per heavy atom. The van der Waals surface area contributed by atoms with Gasteiger partial charge in [0.2, 0.25) is 0 Å². The normalized spacial score (nSPS) is 11.9. The number of rotatable bonds is 0. The zero-order chi connectivity index (χ0) is 70.1. The van der Waals surface area contributed by atoms with Crippen molar-refractivity contribution in [1.29, 1.82) is 0 Å². The molecule has 0 aliphatic heterocycles. The third kappa shape index (κ3) is 30.2. The van der Waals surface area contributed by atoms with Gasteiger partial charge in [-0.2, -0.15) is 0 Å². The maximum atomic E-state index is 2.37. The van der Waals surface area contributed by atoms with Crippen LogP contribution in [0.25, 0.3) is 21.5 Å². The Labute approximate surface area is 550 Å². The van der Waals surface area contributed by atoms with Crippen LogP contribution in [-0.4, -0.2) is 0 Å². The van der Waals surface area contributed by atoms with Gasteiger partial charge >= 0.3 is 0 Å². The fourth-order valence-corrected chi connectivity index (χ4v) is 9.29. The average molecular weight is 1200 g/mol. The van der Waals surface area contributed by atoms with E-state index < -0.39 is 0 Å². The van der Waals surface area contributed by atoms with Crippen LogP contribution in [0.1, 0.15) is 333 Å². The van der Waals surface area contributed by atoms with Crippen molar-refractivity contribution in [2.24, 2.45) is 0 Å². The van der Waals surface area contributed by atoms with E-state index >= 15 is 0 Å².